The van der Waals surface area contributed by atoms with Gasteiger partial charge in [0.15, 0.2) is 0 Å². The maximum atomic E-state index is 10.5. The van der Waals surface area contributed by atoms with E-state index in [0.717, 1.165) is 0 Å². The number of carbonyl (C=O) groups is 1. The Bertz CT molecular complexity index is 445. The van der Waals surface area contributed by atoms with Crippen LogP contribution in [0.2, 0.25) is 0 Å². The van der Waals surface area contributed by atoms with E-state index in [2.05, 4.69) is 4.52 Å². The van der Waals surface area contributed by atoms with Crippen LogP contribution in [0, 0.1) is 0 Å². The first-order valence-corrected chi connectivity index (χ1v) is 6.11. The predicted molar refractivity (Wildman–Crippen MR) is 55.8 cm³/mol. The summed E-state index contributed by atoms with van der Waals surface area (Å²) in [6.45, 7) is 0. The minimum absolute atomic E-state index is 0. The number of nitrogens with two attached hydrogens (primary N) is 1. The smallest absolute Gasteiger partial charge is 0.548 e. The van der Waals surface area contributed by atoms with Crippen molar-refractivity contribution >= 4 is 13.8 Å². The fourth-order valence-corrected chi connectivity index (χ4v) is 1.56. The van der Waals surface area contributed by atoms with Crippen molar-refractivity contribution in [1.82, 2.24) is 0 Å². The quantitative estimate of drug-likeness (QED) is 0.368. The summed E-state index contributed by atoms with van der Waals surface area (Å²) in [6.07, 6.45) is 0.0680. The molecule has 0 aromatic heterocycles. The number of aliphatic carboxylic acids is 1. The molecule has 0 aliphatic heterocycles. The molecule has 0 saturated heterocycles. The summed E-state index contributed by atoms with van der Waals surface area (Å²) in [7, 11) is -4.57. The number of carboxylic acid groups (broad SMARTS) is 1. The largest absolute Gasteiger partial charge is 1.00 e. The molecule has 0 aliphatic carbocycles. The van der Waals surface area contributed by atoms with Gasteiger partial charge in [-0.15, -0.1) is 0 Å². The summed E-state index contributed by atoms with van der Waals surface area (Å²) in [6, 6.07) is 4.44. The van der Waals surface area contributed by atoms with Crippen LogP contribution in [0.15, 0.2) is 24.3 Å². The molecule has 0 saturated carbocycles. The number of hydrogen-bond donors (Lipinski definition) is 3. The fraction of sp³-hybridized carbons (Fsp3) is 0.222. The summed E-state index contributed by atoms with van der Waals surface area (Å²) in [5, 5.41) is 10.4. The molecule has 18 heavy (non-hydrogen) atoms. The first-order valence-electron chi connectivity index (χ1n) is 4.58. The van der Waals surface area contributed by atoms with Gasteiger partial charge in [-0.2, -0.15) is 0 Å². The van der Waals surface area contributed by atoms with Gasteiger partial charge < -0.3 is 20.2 Å². The summed E-state index contributed by atoms with van der Waals surface area (Å²) >= 11 is 0. The van der Waals surface area contributed by atoms with Gasteiger partial charge in [-0.05, 0) is 24.1 Å². The van der Waals surface area contributed by atoms with Gasteiger partial charge in [0.2, 0.25) is 0 Å². The van der Waals surface area contributed by atoms with Crippen LogP contribution in [0.1, 0.15) is 5.56 Å². The van der Waals surface area contributed by atoms with Crippen molar-refractivity contribution in [2.45, 2.75) is 12.5 Å². The normalized spacial score (nSPS) is 12.4. The molecule has 0 amide bonds. The molecular weight excluding hydrogens is 272 g/mol. The number of carbonyl (C=O) groups excluding carboxylic acids is 1. The van der Waals surface area contributed by atoms with Crippen LogP contribution in [0.4, 0.5) is 0 Å². The number of rotatable bonds is 5. The number of phosphoric acid groups is 1. The third-order valence-electron chi connectivity index (χ3n) is 1.91. The van der Waals surface area contributed by atoms with Crippen molar-refractivity contribution in [3.8, 4) is 5.75 Å². The third-order valence-corrected chi connectivity index (χ3v) is 2.35. The Balaban J connectivity index is 0.00000289. The SMILES string of the molecule is N[C@@H](Cc1ccc(OP(=O)(O)O)cc1)C(=O)[O-].[Na+]. The summed E-state index contributed by atoms with van der Waals surface area (Å²) in [5.74, 6) is -1.37. The zero-order valence-electron chi connectivity index (χ0n) is 9.65. The minimum atomic E-state index is -4.57. The van der Waals surface area contributed by atoms with Crippen LogP contribution in [-0.2, 0) is 15.8 Å². The maximum Gasteiger partial charge on any atom is 1.00 e. The molecule has 0 spiro atoms. The molecule has 0 unspecified atom stereocenters. The standard InChI is InChI=1S/C9H12NO6P.Na/c10-8(9(11)12)5-6-1-3-7(4-2-6)16-17(13,14)15;/h1-4,8H,5,10H2,(H,11,12)(H2,13,14,15);/q;+1/p-1/t8-;/m0./s1. The Labute approximate surface area is 125 Å². The van der Waals surface area contributed by atoms with Gasteiger partial charge in [0.05, 0.1) is 5.97 Å². The van der Waals surface area contributed by atoms with E-state index in [1.807, 2.05) is 0 Å². The first-order chi connectivity index (χ1) is 7.78. The van der Waals surface area contributed by atoms with Crippen molar-refractivity contribution < 1.29 is 58.3 Å². The molecule has 9 heteroatoms. The Morgan fingerprint density at radius 1 is 1.39 bits per heavy atom. The molecule has 1 aromatic rings. The zero-order chi connectivity index (χ0) is 13.1. The van der Waals surface area contributed by atoms with E-state index in [1.165, 1.54) is 24.3 Å². The molecule has 1 aromatic carbocycles. The second kappa shape index (κ2) is 7.25. The van der Waals surface area contributed by atoms with Crippen molar-refractivity contribution in [2.75, 3.05) is 0 Å². The van der Waals surface area contributed by atoms with E-state index >= 15 is 0 Å². The topological polar surface area (TPSA) is 133 Å². The first kappa shape index (κ1) is 17.6. The molecule has 0 heterocycles. The van der Waals surface area contributed by atoms with Gasteiger partial charge >= 0.3 is 37.4 Å². The van der Waals surface area contributed by atoms with E-state index in [-0.39, 0.29) is 41.7 Å². The average Bonchev–Trinajstić information content (AvgIpc) is 2.18. The Hall–Kier alpha value is -0.400. The van der Waals surface area contributed by atoms with Crippen LogP contribution in [0.5, 0.6) is 5.75 Å². The predicted octanol–water partition coefficient (Wildman–Crippen LogP) is -4.22. The average molecular weight is 283 g/mol. The molecule has 0 radical (unpaired) electrons. The van der Waals surface area contributed by atoms with Gasteiger partial charge in [0.25, 0.3) is 0 Å². The number of benzene rings is 1. The van der Waals surface area contributed by atoms with Crippen LogP contribution < -0.4 is 44.9 Å². The molecule has 4 N–H and O–H groups in total. The summed E-state index contributed by atoms with van der Waals surface area (Å²) in [4.78, 5) is 27.5. The van der Waals surface area contributed by atoms with E-state index < -0.39 is 19.8 Å². The number of phosphoric ester groups is 1. The fourth-order valence-electron chi connectivity index (χ4n) is 1.16. The van der Waals surface area contributed by atoms with Crippen LogP contribution in [0.25, 0.3) is 0 Å². The Kier molecular flexibility index (Phi) is 7.09. The van der Waals surface area contributed by atoms with Gasteiger partial charge in [0.1, 0.15) is 5.75 Å². The summed E-state index contributed by atoms with van der Waals surface area (Å²) < 4.78 is 14.8. The molecule has 0 bridgehead atoms. The zero-order valence-corrected chi connectivity index (χ0v) is 12.5. The molecule has 1 rings (SSSR count). The van der Waals surface area contributed by atoms with E-state index in [0.29, 0.717) is 5.56 Å². The monoisotopic (exact) mass is 283 g/mol. The molecular formula is C9H11NNaO6P. The number of hydrogen-bond acceptors (Lipinski definition) is 5. The van der Waals surface area contributed by atoms with Gasteiger partial charge in [-0.3, -0.25) is 9.79 Å². The van der Waals surface area contributed by atoms with Gasteiger partial charge in [-0.25, -0.2) is 4.57 Å². The minimum Gasteiger partial charge on any atom is -0.548 e. The van der Waals surface area contributed by atoms with E-state index in [9.17, 15) is 14.5 Å². The third kappa shape index (κ3) is 6.51. The number of carboxylic acids is 1. The van der Waals surface area contributed by atoms with E-state index in [4.69, 9.17) is 15.5 Å². The molecule has 94 valence electrons. The van der Waals surface area contributed by atoms with Crippen molar-refractivity contribution in [3.05, 3.63) is 29.8 Å². The van der Waals surface area contributed by atoms with Gasteiger partial charge in [-0.1, -0.05) is 12.1 Å². The van der Waals surface area contributed by atoms with Crippen LogP contribution >= 0.6 is 7.82 Å². The second-order valence-corrected chi connectivity index (χ2v) is 4.52. The maximum absolute atomic E-state index is 10.5. The Morgan fingerprint density at radius 2 is 1.89 bits per heavy atom. The molecule has 0 aliphatic rings. The van der Waals surface area contributed by atoms with Crippen LogP contribution in [0.3, 0.4) is 0 Å². The van der Waals surface area contributed by atoms with Crippen LogP contribution in [-0.4, -0.2) is 21.8 Å². The van der Waals surface area contributed by atoms with Crippen molar-refractivity contribution in [2.24, 2.45) is 5.73 Å². The van der Waals surface area contributed by atoms with Crippen molar-refractivity contribution in [1.29, 1.82) is 0 Å². The Morgan fingerprint density at radius 3 is 2.28 bits per heavy atom. The van der Waals surface area contributed by atoms with Gasteiger partial charge in [0, 0.05) is 6.04 Å². The summed E-state index contributed by atoms with van der Waals surface area (Å²) in [5.41, 5.74) is 5.87. The molecule has 1 atom stereocenters. The second-order valence-electron chi connectivity index (χ2n) is 3.36. The molecule has 7 nitrogen and oxygen atoms in total. The van der Waals surface area contributed by atoms with E-state index in [1.54, 1.807) is 0 Å². The molecule has 0 fully saturated rings. The van der Waals surface area contributed by atoms with Crippen molar-refractivity contribution in [3.63, 3.8) is 0 Å².